The molecule has 5 fully saturated rings. The summed E-state index contributed by atoms with van der Waals surface area (Å²) in [5.41, 5.74) is 2.27. The van der Waals surface area contributed by atoms with Crippen molar-refractivity contribution in [2.45, 2.75) is 80.1 Å². The van der Waals surface area contributed by atoms with E-state index in [0.717, 1.165) is 53.8 Å². The van der Waals surface area contributed by atoms with Crippen LogP contribution in [0.5, 0.6) is 0 Å². The van der Waals surface area contributed by atoms with E-state index in [4.69, 9.17) is 9.72 Å². The number of hydrogen-bond donors (Lipinski definition) is 1. The minimum absolute atomic E-state index is 0.0986. The van der Waals surface area contributed by atoms with Gasteiger partial charge in [0.15, 0.2) is 9.84 Å². The third-order valence-corrected chi connectivity index (χ3v) is 11.8. The first-order valence-corrected chi connectivity index (χ1v) is 15.5. The fourth-order valence-corrected chi connectivity index (χ4v) is 9.83. The molecule has 1 aliphatic heterocycles. The molecule has 5 aliphatic rings. The summed E-state index contributed by atoms with van der Waals surface area (Å²) in [6.45, 7) is 5.81. The van der Waals surface area contributed by atoms with Crippen molar-refractivity contribution >= 4 is 32.3 Å². The lowest BCUT2D eigenvalue weighted by Crippen LogP contribution is -2.81. The van der Waals surface area contributed by atoms with Gasteiger partial charge in [-0.25, -0.2) is 13.4 Å². The minimum Gasteiger partial charge on any atom is -0.372 e. The number of carbonyl (C=O) groups excluding carboxylic acids is 1. The Kier molecular flexibility index (Phi) is 5.59. The van der Waals surface area contributed by atoms with Crippen LogP contribution in [-0.4, -0.2) is 65.1 Å². The molecule has 2 bridgehead atoms. The average Bonchev–Trinajstić information content (AvgIpc) is 3.71. The molecule has 3 aromatic rings. The number of carbonyl (C=O) groups is 1. The van der Waals surface area contributed by atoms with Crippen LogP contribution < -0.4 is 10.2 Å². The van der Waals surface area contributed by atoms with Gasteiger partial charge in [0.2, 0.25) is 5.91 Å². The lowest BCUT2D eigenvalue weighted by atomic mass is 9.49. The van der Waals surface area contributed by atoms with Crippen LogP contribution in [0.1, 0.15) is 51.6 Å². The second kappa shape index (κ2) is 8.73. The molecule has 39 heavy (non-hydrogen) atoms. The quantitative estimate of drug-likeness (QED) is 0.481. The molecule has 2 atom stereocenters. The van der Waals surface area contributed by atoms with Crippen molar-refractivity contribution in [3.05, 3.63) is 54.4 Å². The molecule has 8 rings (SSSR count). The SMILES string of the molecule is C[C@@H]1CN(c2cccc(-c3ccc4cnc(CC(=O)NC56CC(S(=O)(=O)C7CC7)(C5)C6)cc4c3)n2)C[C@H](C)O1. The molecule has 1 N–H and O–H groups in total. The van der Waals surface area contributed by atoms with E-state index in [1.807, 2.05) is 30.3 Å². The van der Waals surface area contributed by atoms with Gasteiger partial charge >= 0.3 is 0 Å². The van der Waals surface area contributed by atoms with Gasteiger partial charge in [0.25, 0.3) is 0 Å². The molecular formula is C30H34N4O4S. The predicted octanol–water partition coefficient (Wildman–Crippen LogP) is 3.82. The van der Waals surface area contributed by atoms with E-state index in [2.05, 4.69) is 41.2 Å². The number of rotatable bonds is 7. The van der Waals surface area contributed by atoms with Crippen molar-refractivity contribution in [2.75, 3.05) is 18.0 Å². The number of sulfone groups is 1. The maximum absolute atomic E-state index is 12.9. The van der Waals surface area contributed by atoms with Gasteiger partial charge in [-0.1, -0.05) is 18.2 Å². The molecule has 0 unspecified atom stereocenters. The predicted molar refractivity (Wildman–Crippen MR) is 150 cm³/mol. The molecule has 4 aliphatic carbocycles. The van der Waals surface area contributed by atoms with Gasteiger partial charge in [-0.2, -0.15) is 0 Å². The van der Waals surface area contributed by atoms with Crippen LogP contribution in [0.4, 0.5) is 5.82 Å². The fourth-order valence-electron chi connectivity index (χ4n) is 6.93. The van der Waals surface area contributed by atoms with Crippen molar-refractivity contribution in [2.24, 2.45) is 0 Å². The van der Waals surface area contributed by atoms with Gasteiger partial charge in [-0.15, -0.1) is 0 Å². The fraction of sp³-hybridized carbons (Fsp3) is 0.500. The van der Waals surface area contributed by atoms with Gasteiger partial charge in [-0.3, -0.25) is 9.78 Å². The zero-order chi connectivity index (χ0) is 27.0. The number of hydrogen-bond acceptors (Lipinski definition) is 7. The highest BCUT2D eigenvalue weighted by molar-refractivity contribution is 7.93. The van der Waals surface area contributed by atoms with Crippen LogP contribution in [0.2, 0.25) is 0 Å². The van der Waals surface area contributed by atoms with Crippen LogP contribution >= 0.6 is 0 Å². The number of fused-ring (bicyclic) bond motifs is 1. The van der Waals surface area contributed by atoms with E-state index in [1.165, 1.54) is 0 Å². The van der Waals surface area contributed by atoms with Gasteiger partial charge in [0.1, 0.15) is 5.82 Å². The molecule has 4 saturated carbocycles. The smallest absolute Gasteiger partial charge is 0.226 e. The van der Waals surface area contributed by atoms with E-state index in [9.17, 15) is 13.2 Å². The molecule has 2 aromatic heterocycles. The summed E-state index contributed by atoms with van der Waals surface area (Å²) >= 11 is 0. The monoisotopic (exact) mass is 546 g/mol. The first-order chi connectivity index (χ1) is 18.6. The van der Waals surface area contributed by atoms with Crippen LogP contribution in [0.3, 0.4) is 0 Å². The Morgan fingerprint density at radius 2 is 1.79 bits per heavy atom. The Bertz CT molecular complexity index is 1560. The number of amides is 1. The molecule has 1 aromatic carbocycles. The Hall–Kier alpha value is -3.04. The minimum atomic E-state index is -3.04. The summed E-state index contributed by atoms with van der Waals surface area (Å²) in [5.74, 6) is 0.848. The second-order valence-corrected chi connectivity index (χ2v) is 14.9. The maximum atomic E-state index is 12.9. The van der Waals surface area contributed by atoms with Crippen molar-refractivity contribution in [3.63, 3.8) is 0 Å². The van der Waals surface area contributed by atoms with Crippen LogP contribution in [-0.2, 0) is 25.8 Å². The van der Waals surface area contributed by atoms with Gasteiger partial charge in [0, 0.05) is 35.8 Å². The zero-order valence-electron chi connectivity index (χ0n) is 22.4. The van der Waals surface area contributed by atoms with Crippen molar-refractivity contribution in [1.29, 1.82) is 0 Å². The number of nitrogens with zero attached hydrogens (tertiary/aromatic N) is 3. The van der Waals surface area contributed by atoms with Crippen LogP contribution in [0.15, 0.2) is 48.7 Å². The maximum Gasteiger partial charge on any atom is 0.226 e. The molecule has 1 saturated heterocycles. The second-order valence-electron chi connectivity index (χ2n) is 12.2. The molecule has 0 spiro atoms. The highest BCUT2D eigenvalue weighted by atomic mass is 32.2. The van der Waals surface area contributed by atoms with E-state index in [1.54, 1.807) is 6.20 Å². The Balaban J connectivity index is 1.04. The molecule has 3 heterocycles. The molecule has 1 amide bonds. The Morgan fingerprint density at radius 1 is 1.05 bits per heavy atom. The number of benzene rings is 1. The Morgan fingerprint density at radius 3 is 2.51 bits per heavy atom. The Labute approximate surface area is 229 Å². The third-order valence-electron chi connectivity index (χ3n) is 8.85. The van der Waals surface area contributed by atoms with E-state index in [0.29, 0.717) is 25.0 Å². The number of anilines is 1. The summed E-state index contributed by atoms with van der Waals surface area (Å²) in [5, 5.41) is 5.00. The standard InChI is InChI=1S/C30H34N4O4S/c1-19-14-34(15-20(2)38-19)27-5-3-4-26(32-27)21-6-7-22-13-31-24(11-23(22)10-21)12-28(35)33-29-16-30(17-29,18-29)39(36,37)25-8-9-25/h3-7,10-11,13,19-20,25H,8-9,12,14-18H2,1-2H3,(H,33,35)/t19-,20+,29?,30?. The van der Waals surface area contributed by atoms with E-state index in [-0.39, 0.29) is 35.3 Å². The van der Waals surface area contributed by atoms with Crippen molar-refractivity contribution < 1.29 is 17.9 Å². The molecule has 8 nitrogen and oxygen atoms in total. The molecule has 9 heteroatoms. The third kappa shape index (κ3) is 4.30. The number of ether oxygens (including phenoxy) is 1. The number of morpholine rings is 1. The highest BCUT2D eigenvalue weighted by Gasteiger charge is 2.76. The lowest BCUT2D eigenvalue weighted by Gasteiger charge is -2.69. The zero-order valence-corrected chi connectivity index (χ0v) is 23.2. The number of nitrogens with one attached hydrogen (secondary N) is 1. The van der Waals surface area contributed by atoms with Gasteiger partial charge in [0.05, 0.1) is 40.0 Å². The summed E-state index contributed by atoms with van der Waals surface area (Å²) in [4.78, 5) is 24.6. The summed E-state index contributed by atoms with van der Waals surface area (Å²) in [7, 11) is -3.04. The number of pyridine rings is 2. The van der Waals surface area contributed by atoms with Gasteiger partial charge < -0.3 is 15.0 Å². The van der Waals surface area contributed by atoms with Gasteiger partial charge in [-0.05, 0) is 75.6 Å². The average molecular weight is 547 g/mol. The van der Waals surface area contributed by atoms with E-state index >= 15 is 0 Å². The molecule has 0 radical (unpaired) electrons. The summed E-state index contributed by atoms with van der Waals surface area (Å²) in [6.07, 6.45) is 5.59. The summed E-state index contributed by atoms with van der Waals surface area (Å²) in [6, 6.07) is 14.3. The first-order valence-electron chi connectivity index (χ1n) is 13.9. The van der Waals surface area contributed by atoms with Crippen molar-refractivity contribution in [3.8, 4) is 11.3 Å². The summed E-state index contributed by atoms with van der Waals surface area (Å²) < 4.78 is 30.7. The number of aromatic nitrogens is 2. The van der Waals surface area contributed by atoms with Crippen molar-refractivity contribution in [1.82, 2.24) is 15.3 Å². The first kappa shape index (κ1) is 25.0. The molecule has 204 valence electrons. The normalized spacial score (nSPS) is 29.9. The largest absolute Gasteiger partial charge is 0.372 e. The lowest BCUT2D eigenvalue weighted by molar-refractivity contribution is -0.129. The molecular weight excluding hydrogens is 512 g/mol. The van der Waals surface area contributed by atoms with Crippen LogP contribution in [0.25, 0.3) is 22.0 Å². The van der Waals surface area contributed by atoms with E-state index < -0.39 is 14.6 Å². The van der Waals surface area contributed by atoms with Crippen LogP contribution in [0, 0.1) is 0 Å². The topological polar surface area (TPSA) is 101 Å². The highest BCUT2D eigenvalue weighted by Crippen LogP contribution is 2.66.